The van der Waals surface area contributed by atoms with Crippen molar-refractivity contribution >= 4 is 49.6 Å². The quantitative estimate of drug-likeness (QED) is 0.133. The Kier molecular flexibility index (Phi) is 10.9. The number of anilines is 3. The lowest BCUT2D eigenvalue weighted by molar-refractivity contribution is 1.18. The highest BCUT2D eigenvalue weighted by molar-refractivity contribution is 6.23. The molecule has 0 saturated carbocycles. The Morgan fingerprint density at radius 1 is 0.236 bits per heavy atom. The summed E-state index contributed by atoms with van der Waals surface area (Å²) in [6.07, 6.45) is 0. The highest BCUT2D eigenvalue weighted by Crippen LogP contribution is 2.46. The van der Waals surface area contributed by atoms with Crippen molar-refractivity contribution < 1.29 is 0 Å². The molecule has 0 amide bonds. The molecule has 2 nitrogen and oxygen atoms in total. The lowest BCUT2D eigenvalue weighted by Gasteiger charge is -2.27. The fourth-order valence-corrected chi connectivity index (χ4v) is 10.7. The van der Waals surface area contributed by atoms with E-state index in [4.69, 9.17) is 0 Å². The minimum Gasteiger partial charge on any atom is -0.310 e. The lowest BCUT2D eigenvalue weighted by atomic mass is 9.92. The molecule has 0 N–H and O–H groups in total. The van der Waals surface area contributed by atoms with Gasteiger partial charge in [-0.25, -0.2) is 0 Å². The van der Waals surface area contributed by atoms with E-state index in [0.717, 1.165) is 33.9 Å². The van der Waals surface area contributed by atoms with Gasteiger partial charge in [-0.15, -0.1) is 0 Å². The molecule has 0 fully saturated rings. The first kappa shape index (κ1) is 42.6. The minimum atomic E-state index is 1.07. The van der Waals surface area contributed by atoms with Crippen LogP contribution in [0.25, 0.3) is 105 Å². The van der Waals surface area contributed by atoms with Gasteiger partial charge in [-0.05, 0) is 156 Å². The van der Waals surface area contributed by atoms with Crippen LogP contribution < -0.4 is 4.90 Å². The standard InChI is InChI=1S/C70H48N2/c1-5-18-49(19-6-1)52-32-34-53(35-33-52)54-36-40-62(41-37-54)71(63-42-38-55(39-43-63)60-45-58(50-20-7-2-8-21-50)44-59(46-60)51-22-9-3-10-23-51)64-28-17-25-57(47-64)69-65-29-14-13-24-56(65)48-68-70(69)66-30-15-16-31-67(66)72(68)61-26-11-4-12-27-61/h1-48H. The first-order valence-corrected chi connectivity index (χ1v) is 24.7. The molecule has 0 aliphatic rings. The smallest absolute Gasteiger partial charge is 0.0553 e. The summed E-state index contributed by atoms with van der Waals surface area (Å²) in [4.78, 5) is 2.40. The van der Waals surface area contributed by atoms with Crippen LogP contribution in [0, 0.1) is 0 Å². The van der Waals surface area contributed by atoms with E-state index in [-0.39, 0.29) is 0 Å². The Morgan fingerprint density at radius 3 is 1.18 bits per heavy atom. The second kappa shape index (κ2) is 18.4. The van der Waals surface area contributed by atoms with Gasteiger partial charge in [0.25, 0.3) is 0 Å². The molecular formula is C70H48N2. The first-order chi connectivity index (χ1) is 35.7. The maximum absolute atomic E-state index is 2.42. The summed E-state index contributed by atoms with van der Waals surface area (Å²) in [6, 6.07) is 106. The van der Waals surface area contributed by atoms with Crippen molar-refractivity contribution in [1.82, 2.24) is 4.57 Å². The van der Waals surface area contributed by atoms with E-state index in [1.165, 1.54) is 88.2 Å². The lowest BCUT2D eigenvalue weighted by Crippen LogP contribution is -2.10. The number of rotatable bonds is 10. The Bertz CT molecular complexity index is 3970. The molecule has 0 aliphatic heterocycles. The van der Waals surface area contributed by atoms with E-state index in [2.05, 4.69) is 301 Å². The maximum Gasteiger partial charge on any atom is 0.0553 e. The molecule has 0 unspecified atom stereocenters. The predicted octanol–water partition coefficient (Wildman–Crippen LogP) is 19.4. The molecule has 1 aromatic heterocycles. The highest BCUT2D eigenvalue weighted by Gasteiger charge is 2.21. The van der Waals surface area contributed by atoms with E-state index in [1.54, 1.807) is 0 Å². The summed E-state index contributed by atoms with van der Waals surface area (Å²) in [5, 5.41) is 4.91. The predicted molar refractivity (Wildman–Crippen MR) is 306 cm³/mol. The van der Waals surface area contributed by atoms with E-state index in [0.29, 0.717) is 0 Å². The second-order valence-electron chi connectivity index (χ2n) is 18.5. The average molecular weight is 917 g/mol. The van der Waals surface area contributed by atoms with E-state index in [1.807, 2.05) is 0 Å². The SMILES string of the molecule is c1ccc(-c2ccc(-c3ccc(N(c4ccc(-c5cc(-c6ccccc6)cc(-c6ccccc6)c5)cc4)c4cccc(-c5c6ccccc6cc6c5c5ccccc5n6-c5ccccc5)c4)cc3)cc2)cc1. The Labute approximate surface area is 420 Å². The summed E-state index contributed by atoms with van der Waals surface area (Å²) in [7, 11) is 0. The van der Waals surface area contributed by atoms with Gasteiger partial charge in [-0.1, -0.05) is 212 Å². The van der Waals surface area contributed by atoms with Crippen molar-refractivity contribution in [2.24, 2.45) is 0 Å². The number of aromatic nitrogens is 1. The number of nitrogens with zero attached hydrogens (tertiary/aromatic N) is 2. The zero-order valence-electron chi connectivity index (χ0n) is 39.6. The maximum atomic E-state index is 2.42. The molecule has 2 heteroatoms. The molecular weight excluding hydrogens is 869 g/mol. The fraction of sp³-hybridized carbons (Fsp3) is 0. The zero-order valence-corrected chi connectivity index (χ0v) is 39.6. The molecule has 0 aliphatic carbocycles. The molecule has 0 spiro atoms. The second-order valence-corrected chi connectivity index (χ2v) is 18.5. The van der Waals surface area contributed by atoms with Gasteiger partial charge in [0.1, 0.15) is 0 Å². The van der Waals surface area contributed by atoms with Crippen molar-refractivity contribution in [2.75, 3.05) is 4.90 Å². The molecule has 13 rings (SSSR count). The number of benzene rings is 12. The molecule has 1 heterocycles. The first-order valence-electron chi connectivity index (χ1n) is 24.7. The highest BCUT2D eigenvalue weighted by atomic mass is 15.1. The van der Waals surface area contributed by atoms with Gasteiger partial charge in [0.2, 0.25) is 0 Å². The van der Waals surface area contributed by atoms with Crippen molar-refractivity contribution in [3.63, 3.8) is 0 Å². The van der Waals surface area contributed by atoms with E-state index < -0.39 is 0 Å². The Balaban J connectivity index is 0.958. The van der Waals surface area contributed by atoms with Gasteiger partial charge in [0, 0.05) is 33.5 Å². The summed E-state index contributed by atoms with van der Waals surface area (Å²) in [5.74, 6) is 0. The topological polar surface area (TPSA) is 8.17 Å². The number of para-hydroxylation sites is 2. The molecule has 0 saturated heterocycles. The van der Waals surface area contributed by atoms with E-state index >= 15 is 0 Å². The fourth-order valence-electron chi connectivity index (χ4n) is 10.7. The van der Waals surface area contributed by atoms with Crippen molar-refractivity contribution in [3.05, 3.63) is 291 Å². The van der Waals surface area contributed by atoms with Crippen LogP contribution in [0.1, 0.15) is 0 Å². The van der Waals surface area contributed by atoms with Crippen LogP contribution in [0.15, 0.2) is 291 Å². The van der Waals surface area contributed by atoms with Gasteiger partial charge in [0.05, 0.1) is 11.0 Å². The summed E-state index contributed by atoms with van der Waals surface area (Å²) >= 11 is 0. The third-order valence-electron chi connectivity index (χ3n) is 14.1. The van der Waals surface area contributed by atoms with Crippen LogP contribution in [-0.2, 0) is 0 Å². The molecule has 0 atom stereocenters. The third-order valence-corrected chi connectivity index (χ3v) is 14.1. The summed E-state index contributed by atoms with van der Waals surface area (Å²) < 4.78 is 2.42. The van der Waals surface area contributed by atoms with Crippen LogP contribution in [0.5, 0.6) is 0 Å². The Hall–Kier alpha value is -9.50. The van der Waals surface area contributed by atoms with Crippen LogP contribution in [0.4, 0.5) is 17.1 Å². The van der Waals surface area contributed by atoms with Gasteiger partial charge in [-0.3, -0.25) is 0 Å². The van der Waals surface area contributed by atoms with Gasteiger partial charge in [-0.2, -0.15) is 0 Å². The molecule has 0 radical (unpaired) electrons. The van der Waals surface area contributed by atoms with E-state index in [9.17, 15) is 0 Å². The van der Waals surface area contributed by atoms with Gasteiger partial charge in [0.15, 0.2) is 0 Å². The monoisotopic (exact) mass is 916 g/mol. The molecule has 12 aromatic carbocycles. The van der Waals surface area contributed by atoms with Crippen LogP contribution >= 0.6 is 0 Å². The summed E-state index contributed by atoms with van der Waals surface area (Å²) in [6.45, 7) is 0. The van der Waals surface area contributed by atoms with Gasteiger partial charge >= 0.3 is 0 Å². The van der Waals surface area contributed by atoms with Crippen molar-refractivity contribution in [1.29, 1.82) is 0 Å². The van der Waals surface area contributed by atoms with Gasteiger partial charge < -0.3 is 9.47 Å². The number of hydrogen-bond acceptors (Lipinski definition) is 1. The van der Waals surface area contributed by atoms with Crippen LogP contribution in [0.3, 0.4) is 0 Å². The molecule has 13 aromatic rings. The Morgan fingerprint density at radius 2 is 0.639 bits per heavy atom. The van der Waals surface area contributed by atoms with Crippen molar-refractivity contribution in [2.45, 2.75) is 0 Å². The largest absolute Gasteiger partial charge is 0.310 e. The third kappa shape index (κ3) is 7.92. The average Bonchev–Trinajstić information content (AvgIpc) is 3.79. The van der Waals surface area contributed by atoms with Crippen LogP contribution in [0.2, 0.25) is 0 Å². The summed E-state index contributed by atoms with van der Waals surface area (Å²) in [5.41, 5.74) is 21.0. The normalized spacial score (nSPS) is 11.3. The number of fused-ring (bicyclic) bond motifs is 4. The minimum absolute atomic E-state index is 1.07. The molecule has 0 bridgehead atoms. The molecule has 72 heavy (non-hydrogen) atoms. The van der Waals surface area contributed by atoms with Crippen LogP contribution in [-0.4, -0.2) is 4.57 Å². The molecule has 338 valence electrons. The number of hydrogen-bond donors (Lipinski definition) is 0. The zero-order chi connectivity index (χ0) is 47.8. The van der Waals surface area contributed by atoms with Crippen molar-refractivity contribution in [3.8, 4) is 72.4 Å².